The Morgan fingerprint density at radius 2 is 2.04 bits per heavy atom. The van der Waals surface area contributed by atoms with E-state index in [0.717, 1.165) is 56.6 Å². The van der Waals surface area contributed by atoms with Gasteiger partial charge in [-0.2, -0.15) is 0 Å². The number of amides is 2. The van der Waals surface area contributed by atoms with Gasteiger partial charge in [0.25, 0.3) is 0 Å². The molecule has 1 spiro atoms. The highest BCUT2D eigenvalue weighted by atomic mass is 31.0. The minimum absolute atomic E-state index is 0.000884. The van der Waals surface area contributed by atoms with Crippen LogP contribution in [0.5, 0.6) is 11.5 Å². The first kappa shape index (κ1) is 33.2. The summed E-state index contributed by atoms with van der Waals surface area (Å²) in [6, 6.07) is 4.31. The molecule has 6 rings (SSSR count). The topological polar surface area (TPSA) is 113 Å². The number of rotatable bonds is 12. The highest BCUT2D eigenvalue weighted by molar-refractivity contribution is 7.16. The van der Waals surface area contributed by atoms with E-state index in [-0.39, 0.29) is 35.5 Å². The van der Waals surface area contributed by atoms with E-state index in [0.29, 0.717) is 50.3 Å². The molecule has 0 aromatic heterocycles. The smallest absolute Gasteiger partial charge is 0.415 e. The number of likely N-dealkylation sites (tertiary alicyclic amines) is 1. The number of ketones is 1. The molecule has 7 atom stereocenters. The number of ether oxygens (including phenoxy) is 3. The van der Waals surface area contributed by atoms with Gasteiger partial charge >= 0.3 is 6.09 Å². The second kappa shape index (κ2) is 13.8. The van der Waals surface area contributed by atoms with Crippen LogP contribution < -0.4 is 20.1 Å². The minimum Gasteiger partial charge on any atom is -0.493 e. The number of benzene rings is 1. The summed E-state index contributed by atoms with van der Waals surface area (Å²) in [6.07, 6.45) is 6.41. The second-order valence-corrected chi connectivity index (χ2v) is 14.1. The Morgan fingerprint density at radius 3 is 2.78 bits per heavy atom. The average molecular weight is 656 g/mol. The Labute approximate surface area is 274 Å². The van der Waals surface area contributed by atoms with E-state index in [1.807, 2.05) is 13.1 Å². The average Bonchev–Trinajstić information content (AvgIpc) is 3.40. The maximum atomic E-state index is 14.0. The number of nitrogens with zero attached hydrogens (tertiary/aromatic N) is 3. The maximum Gasteiger partial charge on any atom is 0.415 e. The third-order valence-corrected chi connectivity index (χ3v) is 11.6. The molecule has 11 nitrogen and oxygen atoms in total. The van der Waals surface area contributed by atoms with Gasteiger partial charge in [0.2, 0.25) is 5.91 Å². The summed E-state index contributed by atoms with van der Waals surface area (Å²) in [7, 11) is 8.52. The fraction of sp³-hybridized carbons (Fsp3) is 0.676. The summed E-state index contributed by atoms with van der Waals surface area (Å²) < 4.78 is 18.9. The predicted molar refractivity (Wildman–Crippen MR) is 178 cm³/mol. The molecule has 1 aromatic rings. The highest BCUT2D eigenvalue weighted by Crippen LogP contribution is 2.63. The molecule has 1 aromatic carbocycles. The van der Waals surface area contributed by atoms with Crippen molar-refractivity contribution < 1.29 is 28.6 Å². The van der Waals surface area contributed by atoms with Gasteiger partial charge in [-0.05, 0) is 89.8 Å². The summed E-state index contributed by atoms with van der Waals surface area (Å²) in [5.41, 5.74) is 2.29. The number of allylic oxidation sites excluding steroid dienone is 1. The van der Waals surface area contributed by atoms with E-state index in [9.17, 15) is 14.4 Å². The van der Waals surface area contributed by atoms with Gasteiger partial charge in [0.15, 0.2) is 17.6 Å². The zero-order chi connectivity index (χ0) is 32.6. The van der Waals surface area contributed by atoms with Crippen LogP contribution in [-0.2, 0) is 26.2 Å². The molecule has 2 amide bonds. The lowest BCUT2D eigenvalue weighted by atomic mass is 9.53. The molecular weight excluding hydrogens is 605 g/mol. The zero-order valence-electron chi connectivity index (χ0n) is 27.7. The van der Waals surface area contributed by atoms with Crippen molar-refractivity contribution in [1.29, 1.82) is 0 Å². The first-order chi connectivity index (χ1) is 22.2. The molecule has 2 fully saturated rings. The van der Waals surface area contributed by atoms with Crippen molar-refractivity contribution in [3.63, 3.8) is 0 Å². The van der Waals surface area contributed by atoms with Gasteiger partial charge in [-0.1, -0.05) is 6.07 Å². The molecule has 2 aliphatic carbocycles. The molecule has 5 aliphatic rings. The molecule has 2 N–H and O–H groups in total. The summed E-state index contributed by atoms with van der Waals surface area (Å²) in [6.45, 7) is 5.37. The number of hydrogen-bond acceptors (Lipinski definition) is 9. The van der Waals surface area contributed by atoms with Gasteiger partial charge < -0.3 is 39.4 Å². The number of methoxy groups -OCH3 is 1. The maximum absolute atomic E-state index is 14.0. The third-order valence-electron chi connectivity index (χ3n) is 11.1. The van der Waals surface area contributed by atoms with Gasteiger partial charge in [-0.25, -0.2) is 4.79 Å². The molecule has 0 radical (unpaired) electrons. The van der Waals surface area contributed by atoms with Crippen molar-refractivity contribution in [3.05, 3.63) is 35.1 Å². The van der Waals surface area contributed by atoms with Gasteiger partial charge in [-0.3, -0.25) is 9.69 Å². The highest BCUT2D eigenvalue weighted by Gasteiger charge is 2.65. The largest absolute Gasteiger partial charge is 0.493 e. The molecule has 2 saturated heterocycles. The van der Waals surface area contributed by atoms with Crippen LogP contribution in [0.1, 0.15) is 50.2 Å². The molecule has 46 heavy (non-hydrogen) atoms. The van der Waals surface area contributed by atoms with E-state index in [4.69, 9.17) is 14.2 Å². The van der Waals surface area contributed by atoms with Gasteiger partial charge in [0.1, 0.15) is 11.5 Å². The normalized spacial score (nSPS) is 28.9. The van der Waals surface area contributed by atoms with Crippen LogP contribution in [0.3, 0.4) is 0 Å². The molecular formula is C34H50N5O6P. The molecule has 3 heterocycles. The van der Waals surface area contributed by atoms with E-state index in [2.05, 4.69) is 48.9 Å². The number of carbonyl (C=O) groups excluding carboxylic acids is 3. The predicted octanol–water partition coefficient (Wildman–Crippen LogP) is 2.52. The van der Waals surface area contributed by atoms with Crippen molar-refractivity contribution in [2.75, 3.05) is 66.8 Å². The van der Waals surface area contributed by atoms with Crippen molar-refractivity contribution in [3.8, 4) is 11.5 Å². The van der Waals surface area contributed by atoms with Crippen molar-refractivity contribution in [2.45, 2.75) is 69.1 Å². The van der Waals surface area contributed by atoms with Crippen molar-refractivity contribution >= 4 is 27.0 Å². The fourth-order valence-electron chi connectivity index (χ4n) is 8.78. The lowest BCUT2D eigenvalue weighted by molar-refractivity contribution is -0.129. The number of hydrogen-bond donors (Lipinski definition) is 2. The lowest BCUT2D eigenvalue weighted by Crippen LogP contribution is -2.63. The molecule has 2 bridgehead atoms. The Kier molecular flexibility index (Phi) is 9.95. The van der Waals surface area contributed by atoms with Crippen LogP contribution in [0.4, 0.5) is 4.79 Å². The van der Waals surface area contributed by atoms with Gasteiger partial charge in [-0.15, -0.1) is 9.24 Å². The number of piperazine rings is 1. The quantitative estimate of drug-likeness (QED) is 0.259. The molecule has 0 saturated carbocycles. The number of Topliss-reactive ketones (excluding diaryl/α,β-unsaturated/α-hetero) is 1. The van der Waals surface area contributed by atoms with E-state index in [1.54, 1.807) is 12.0 Å². The monoisotopic (exact) mass is 655 g/mol. The van der Waals surface area contributed by atoms with Crippen LogP contribution >= 0.6 is 9.24 Å². The summed E-state index contributed by atoms with van der Waals surface area (Å²) in [4.78, 5) is 45.7. The SMILES string of the molecule is CNCCC[C@H](CC(C)=O)C(=O)NCC1CN(CP)CCN1C(=O)OC1=CC[C@H]2[C@H]3Cc4ccc(OC)c5c4[C@@]2(CCN3C)[C@H]1O5. The van der Waals surface area contributed by atoms with Gasteiger partial charge in [0.05, 0.1) is 13.2 Å². The lowest BCUT2D eigenvalue weighted by Gasteiger charge is -2.56. The first-order valence-corrected chi connectivity index (χ1v) is 17.6. The van der Waals surface area contributed by atoms with Gasteiger partial charge in [0, 0.05) is 61.8 Å². The number of likely N-dealkylation sites (N-methyl/N-ethyl adjacent to an activating group) is 1. The van der Waals surface area contributed by atoms with E-state index >= 15 is 0 Å². The van der Waals surface area contributed by atoms with E-state index in [1.165, 1.54) is 18.1 Å². The minimum atomic E-state index is -0.412. The summed E-state index contributed by atoms with van der Waals surface area (Å²) >= 11 is 0. The third kappa shape index (κ3) is 5.93. The number of piperidine rings is 1. The summed E-state index contributed by atoms with van der Waals surface area (Å²) in [5, 5.41) is 6.18. The van der Waals surface area contributed by atoms with Crippen LogP contribution in [-0.4, -0.2) is 117 Å². The summed E-state index contributed by atoms with van der Waals surface area (Å²) in [5.74, 6) is 1.94. The van der Waals surface area contributed by atoms with Crippen LogP contribution in [0.15, 0.2) is 24.0 Å². The molecule has 252 valence electrons. The van der Waals surface area contributed by atoms with Crippen molar-refractivity contribution in [1.82, 2.24) is 25.3 Å². The first-order valence-electron chi connectivity index (χ1n) is 16.8. The standard InChI is InChI=1S/C34H50N5O6P/c1-21(40)16-23(6-5-12-35-2)32(41)36-18-24-19-38(20-46)14-15-39(24)33(42)44-28-10-8-25-26-17-22-7-9-27(43-4)30-29(22)34(25,31(28)45-30)11-13-37(26)3/h7,9-10,23-26,31,35H,5-6,8,11-20,46H2,1-4H3,(H,36,41)/t23-,24?,25+,26-,31+,34+/m1/s1. The van der Waals surface area contributed by atoms with Crippen LogP contribution in [0.2, 0.25) is 0 Å². The molecule has 2 unspecified atom stereocenters. The number of carbonyl (C=O) groups is 3. The second-order valence-electron chi connectivity index (χ2n) is 13.7. The van der Waals surface area contributed by atoms with Crippen LogP contribution in [0, 0.1) is 11.8 Å². The number of nitrogens with one attached hydrogen (secondary N) is 2. The molecule has 12 heteroatoms. The zero-order valence-corrected chi connectivity index (χ0v) is 28.8. The van der Waals surface area contributed by atoms with Crippen LogP contribution in [0.25, 0.3) is 0 Å². The fourth-order valence-corrected chi connectivity index (χ4v) is 9.12. The van der Waals surface area contributed by atoms with E-state index < -0.39 is 12.2 Å². The molecule has 3 aliphatic heterocycles. The Balaban J connectivity index is 1.20. The Hall–Kier alpha value is -2.72. The Morgan fingerprint density at radius 1 is 1.22 bits per heavy atom. The Bertz CT molecular complexity index is 1370. The van der Waals surface area contributed by atoms with Crippen molar-refractivity contribution in [2.24, 2.45) is 11.8 Å².